The molecule has 0 bridgehead atoms. The van der Waals surface area contributed by atoms with Crippen molar-refractivity contribution in [2.45, 2.75) is 73.8 Å². The first-order valence-corrected chi connectivity index (χ1v) is 6.24. The quantitative estimate of drug-likeness (QED) is 0.577. The largest absolute Gasteiger partial charge is 0.198 e. The first kappa shape index (κ1) is 18.5. The highest BCUT2D eigenvalue weighted by atomic mass is 15.0. The van der Waals surface area contributed by atoms with Gasteiger partial charge in [0.15, 0.2) is 17.4 Å². The molecule has 0 amide bonds. The highest BCUT2D eigenvalue weighted by Crippen LogP contribution is 2.20. The zero-order valence-corrected chi connectivity index (χ0v) is 12.3. The summed E-state index contributed by atoms with van der Waals surface area (Å²) in [6.45, 7) is 17.5. The van der Waals surface area contributed by atoms with Crippen molar-refractivity contribution in [3.8, 4) is 0 Å². The van der Waals surface area contributed by atoms with Gasteiger partial charge in [0, 0.05) is 38.3 Å². The molecule has 1 heterocycles. The second-order valence-corrected chi connectivity index (χ2v) is 5.88. The summed E-state index contributed by atoms with van der Waals surface area (Å²) in [5.74, 6) is 0. The summed E-state index contributed by atoms with van der Waals surface area (Å²) < 4.78 is 2.35. The Kier molecular flexibility index (Phi) is 7.38. The fourth-order valence-electron chi connectivity index (χ4n) is 1.64. The van der Waals surface area contributed by atoms with Gasteiger partial charge in [-0.15, -0.1) is 0 Å². The van der Waals surface area contributed by atoms with Crippen molar-refractivity contribution < 1.29 is 4.57 Å². The van der Waals surface area contributed by atoms with E-state index in [1.54, 1.807) is 0 Å². The number of hydrogen-bond donors (Lipinski definition) is 0. The molecule has 0 saturated heterocycles. The van der Waals surface area contributed by atoms with E-state index in [0.29, 0.717) is 0 Å². The number of hydrogen-bond acceptors (Lipinski definition) is 0. The molecule has 0 N–H and O–H groups in total. The molecular formula is C16H32N+. The van der Waals surface area contributed by atoms with Crippen LogP contribution in [-0.2, 0) is 11.0 Å². The topological polar surface area (TPSA) is 3.88 Å². The molecule has 1 nitrogen and oxygen atoms in total. The summed E-state index contributed by atoms with van der Waals surface area (Å²) in [6.07, 6.45) is 2.17. The van der Waals surface area contributed by atoms with Crippen LogP contribution in [0.25, 0.3) is 0 Å². The van der Waals surface area contributed by atoms with E-state index in [2.05, 4.69) is 70.5 Å². The van der Waals surface area contributed by atoms with Crippen LogP contribution in [0.15, 0.2) is 24.4 Å². The van der Waals surface area contributed by atoms with Crippen LogP contribution in [0.2, 0.25) is 0 Å². The summed E-state index contributed by atoms with van der Waals surface area (Å²) in [4.78, 5) is 0. The van der Waals surface area contributed by atoms with Crippen LogP contribution in [0.5, 0.6) is 0 Å². The van der Waals surface area contributed by atoms with Gasteiger partial charge >= 0.3 is 0 Å². The molecule has 0 aliphatic rings. The average Bonchev–Trinajstić information content (AvgIpc) is 2.18. The van der Waals surface area contributed by atoms with Gasteiger partial charge in [-0.2, -0.15) is 4.57 Å². The lowest BCUT2D eigenvalue weighted by Crippen LogP contribution is -2.55. The first-order valence-electron chi connectivity index (χ1n) is 6.24. The summed E-state index contributed by atoms with van der Waals surface area (Å²) in [5, 5.41) is 0. The van der Waals surface area contributed by atoms with E-state index in [0.717, 1.165) is 0 Å². The van der Waals surface area contributed by atoms with Crippen LogP contribution < -0.4 is 4.57 Å². The maximum atomic E-state index is 2.35. The highest BCUT2D eigenvalue weighted by molar-refractivity contribution is 5.07. The van der Waals surface area contributed by atoms with Crippen LogP contribution in [0, 0.1) is 0 Å². The Balaban J connectivity index is 0. The second-order valence-electron chi connectivity index (χ2n) is 5.88. The molecule has 1 aromatic heterocycles. The van der Waals surface area contributed by atoms with Crippen molar-refractivity contribution in [2.24, 2.45) is 0 Å². The Bertz CT molecular complexity index is 280. The molecule has 100 valence electrons. The van der Waals surface area contributed by atoms with Gasteiger partial charge < -0.3 is 0 Å². The molecule has 0 saturated carbocycles. The predicted octanol–water partition coefficient (Wildman–Crippen LogP) is 4.69. The third-order valence-corrected chi connectivity index (χ3v) is 2.35. The van der Waals surface area contributed by atoms with Gasteiger partial charge in [0.25, 0.3) is 0 Å². The van der Waals surface area contributed by atoms with E-state index in [9.17, 15) is 0 Å². The number of nitrogens with zero attached hydrogens (tertiary/aromatic N) is 1. The average molecular weight is 238 g/mol. The molecule has 0 aliphatic carbocycles. The van der Waals surface area contributed by atoms with Crippen molar-refractivity contribution in [3.05, 3.63) is 30.1 Å². The molecule has 0 spiro atoms. The van der Waals surface area contributed by atoms with Gasteiger partial charge in [0.2, 0.25) is 0 Å². The molecule has 0 fully saturated rings. The van der Waals surface area contributed by atoms with Crippen molar-refractivity contribution in [1.82, 2.24) is 0 Å². The maximum absolute atomic E-state index is 2.35. The van der Waals surface area contributed by atoms with Crippen LogP contribution in [0.4, 0.5) is 0 Å². The molecule has 17 heavy (non-hydrogen) atoms. The molecule has 0 radical (unpaired) electrons. The van der Waals surface area contributed by atoms with Gasteiger partial charge in [-0.05, 0) is 0 Å². The van der Waals surface area contributed by atoms with E-state index in [1.807, 2.05) is 13.8 Å². The van der Waals surface area contributed by atoms with Crippen LogP contribution in [0.1, 0.15) is 68.5 Å². The van der Waals surface area contributed by atoms with Gasteiger partial charge in [-0.3, -0.25) is 0 Å². The maximum Gasteiger partial charge on any atom is 0.187 e. The molecule has 0 aromatic carbocycles. The Morgan fingerprint density at radius 1 is 0.882 bits per heavy atom. The van der Waals surface area contributed by atoms with E-state index in [-0.39, 0.29) is 18.4 Å². The molecule has 0 atom stereocenters. The van der Waals surface area contributed by atoms with E-state index >= 15 is 0 Å². The summed E-state index contributed by atoms with van der Waals surface area (Å²) in [5.41, 5.74) is 1.74. The minimum absolute atomic E-state index is 0. The lowest BCUT2D eigenvalue weighted by molar-refractivity contribution is -0.763. The van der Waals surface area contributed by atoms with Crippen LogP contribution in [0.3, 0.4) is 0 Å². The molecule has 1 aromatic rings. The fourth-order valence-corrected chi connectivity index (χ4v) is 1.64. The summed E-state index contributed by atoms with van der Waals surface area (Å²) in [7, 11) is 0. The first-order chi connectivity index (χ1) is 7.23. The molecule has 1 rings (SSSR count). The normalized spacial score (nSPS) is 11.1. The van der Waals surface area contributed by atoms with Crippen molar-refractivity contribution in [2.75, 3.05) is 0 Å². The minimum Gasteiger partial charge on any atom is -0.198 e. The van der Waals surface area contributed by atoms with Gasteiger partial charge in [-0.25, -0.2) is 0 Å². The summed E-state index contributed by atoms with van der Waals surface area (Å²) in [6, 6.07) is 6.43. The Morgan fingerprint density at radius 3 is 1.65 bits per heavy atom. The number of pyridine rings is 1. The zero-order valence-electron chi connectivity index (χ0n) is 12.3. The third kappa shape index (κ3) is 5.34. The fraction of sp³-hybridized carbons (Fsp3) is 0.688. The molecule has 0 unspecified atom stereocenters. The van der Waals surface area contributed by atoms with Crippen LogP contribution >= 0.6 is 0 Å². The third-order valence-electron chi connectivity index (χ3n) is 2.35. The highest BCUT2D eigenvalue weighted by Gasteiger charge is 2.31. The Hall–Kier alpha value is -0.850. The standard InChI is InChI=1S/C13H22N.C2H6.CH4/c1-12(2,3)11-9-7-8-10-14(11)13(4,5)6;1-2;/h7-10H,1-6H3;1-2H3;1H4/q+1;;. The summed E-state index contributed by atoms with van der Waals surface area (Å²) >= 11 is 0. The van der Waals surface area contributed by atoms with Crippen molar-refractivity contribution in [1.29, 1.82) is 0 Å². The van der Waals surface area contributed by atoms with Crippen LogP contribution in [-0.4, -0.2) is 0 Å². The predicted molar refractivity (Wildman–Crippen MR) is 78.4 cm³/mol. The molecule has 0 aliphatic heterocycles. The van der Waals surface area contributed by atoms with E-state index in [4.69, 9.17) is 0 Å². The van der Waals surface area contributed by atoms with Gasteiger partial charge in [0.05, 0.1) is 0 Å². The second kappa shape index (κ2) is 6.78. The number of aromatic nitrogens is 1. The molecule has 1 heteroatoms. The smallest absolute Gasteiger partial charge is 0.187 e. The lowest BCUT2D eigenvalue weighted by atomic mass is 9.89. The monoisotopic (exact) mass is 238 g/mol. The van der Waals surface area contributed by atoms with E-state index < -0.39 is 0 Å². The lowest BCUT2D eigenvalue weighted by Gasteiger charge is -2.23. The number of rotatable bonds is 0. The molecular weight excluding hydrogens is 206 g/mol. The van der Waals surface area contributed by atoms with Gasteiger partial charge in [0.1, 0.15) is 0 Å². The van der Waals surface area contributed by atoms with E-state index in [1.165, 1.54) is 5.69 Å². The van der Waals surface area contributed by atoms with Crippen molar-refractivity contribution >= 4 is 0 Å². The Morgan fingerprint density at radius 2 is 1.35 bits per heavy atom. The Labute approximate surface area is 109 Å². The SMILES string of the molecule is C.CC.CC(C)(C)c1cccc[n+]1C(C)(C)C. The van der Waals surface area contributed by atoms with Crippen molar-refractivity contribution in [3.63, 3.8) is 0 Å². The van der Waals surface area contributed by atoms with Gasteiger partial charge in [-0.1, -0.05) is 48.1 Å². The minimum atomic E-state index is 0. The zero-order chi connectivity index (χ0) is 13.0.